The van der Waals surface area contributed by atoms with Gasteiger partial charge in [0.2, 0.25) is 0 Å². The summed E-state index contributed by atoms with van der Waals surface area (Å²) in [4.78, 5) is 0. The summed E-state index contributed by atoms with van der Waals surface area (Å²) in [6.07, 6.45) is 14.8. The van der Waals surface area contributed by atoms with Gasteiger partial charge in [-0.1, -0.05) is 106 Å². The van der Waals surface area contributed by atoms with Crippen molar-refractivity contribution in [1.29, 1.82) is 0 Å². The fourth-order valence-corrected chi connectivity index (χ4v) is 4.99. The number of hydrogen-bond donors (Lipinski definition) is 0. The van der Waals surface area contributed by atoms with Gasteiger partial charge in [-0.25, -0.2) is 4.57 Å². The van der Waals surface area contributed by atoms with Crippen LogP contribution in [0.1, 0.15) is 125 Å². The van der Waals surface area contributed by atoms with Crippen molar-refractivity contribution in [3.05, 3.63) is 0 Å². The molecule has 3 unspecified atom stereocenters. The van der Waals surface area contributed by atoms with Gasteiger partial charge in [0.05, 0.1) is 19.8 Å². The van der Waals surface area contributed by atoms with Crippen LogP contribution in [0.3, 0.4) is 0 Å². The van der Waals surface area contributed by atoms with Crippen LogP contribution in [-0.2, 0) is 18.1 Å². The molecule has 0 saturated carbocycles. The SMILES string of the molecule is CCCCCC(CC)COP(=O)(OCC(CC)CCCC)OCC(CC)CCCC. The zero-order valence-corrected chi connectivity index (χ0v) is 22.0. The molecule has 0 aromatic rings. The van der Waals surface area contributed by atoms with E-state index in [1.54, 1.807) is 0 Å². The predicted molar refractivity (Wildman–Crippen MR) is 130 cm³/mol. The highest BCUT2D eigenvalue weighted by molar-refractivity contribution is 7.48. The smallest absolute Gasteiger partial charge is 0.287 e. The van der Waals surface area contributed by atoms with E-state index >= 15 is 0 Å². The Balaban J connectivity index is 4.91. The highest BCUT2D eigenvalue weighted by Crippen LogP contribution is 2.51. The van der Waals surface area contributed by atoms with E-state index in [0.717, 1.165) is 38.5 Å². The summed E-state index contributed by atoms with van der Waals surface area (Å²) in [6.45, 7) is 14.6. The van der Waals surface area contributed by atoms with Crippen molar-refractivity contribution in [2.45, 2.75) is 125 Å². The van der Waals surface area contributed by atoms with Crippen molar-refractivity contribution in [2.24, 2.45) is 17.8 Å². The van der Waals surface area contributed by atoms with Gasteiger partial charge in [-0.3, -0.25) is 13.6 Å². The number of rotatable bonds is 22. The Morgan fingerprint density at radius 2 is 0.867 bits per heavy atom. The molecule has 0 spiro atoms. The van der Waals surface area contributed by atoms with E-state index in [-0.39, 0.29) is 0 Å². The molecule has 0 bridgehead atoms. The topological polar surface area (TPSA) is 44.8 Å². The van der Waals surface area contributed by atoms with Crippen LogP contribution in [0.5, 0.6) is 0 Å². The van der Waals surface area contributed by atoms with Crippen molar-refractivity contribution < 1.29 is 18.1 Å². The first-order valence-corrected chi connectivity index (χ1v) is 14.5. The molecule has 182 valence electrons. The van der Waals surface area contributed by atoms with Crippen LogP contribution < -0.4 is 0 Å². The lowest BCUT2D eigenvalue weighted by Gasteiger charge is -2.25. The molecule has 0 aromatic heterocycles. The molecule has 0 rings (SSSR count). The monoisotopic (exact) mass is 448 g/mol. The molecule has 0 amide bonds. The maximum absolute atomic E-state index is 13.5. The minimum absolute atomic E-state index is 0.416. The Morgan fingerprint density at radius 1 is 0.533 bits per heavy atom. The van der Waals surface area contributed by atoms with Crippen molar-refractivity contribution in [3.63, 3.8) is 0 Å². The molecule has 0 aliphatic heterocycles. The van der Waals surface area contributed by atoms with Crippen molar-refractivity contribution in [2.75, 3.05) is 19.8 Å². The Hall–Kier alpha value is 0.110. The number of hydrogen-bond acceptors (Lipinski definition) is 4. The first-order valence-electron chi connectivity index (χ1n) is 13.0. The van der Waals surface area contributed by atoms with Gasteiger partial charge in [0.15, 0.2) is 0 Å². The number of unbranched alkanes of at least 4 members (excludes halogenated alkanes) is 4. The molecule has 5 heteroatoms. The average molecular weight is 449 g/mol. The Morgan fingerprint density at radius 3 is 1.17 bits per heavy atom. The zero-order valence-electron chi connectivity index (χ0n) is 21.1. The van der Waals surface area contributed by atoms with Gasteiger partial charge in [0.1, 0.15) is 0 Å². The second kappa shape index (κ2) is 19.8. The van der Waals surface area contributed by atoms with Gasteiger partial charge in [-0.2, -0.15) is 0 Å². The molecule has 0 saturated heterocycles. The molecule has 0 radical (unpaired) electrons. The lowest BCUT2D eigenvalue weighted by molar-refractivity contribution is 0.0732. The Bertz CT molecular complexity index is 392. The highest BCUT2D eigenvalue weighted by atomic mass is 31.2. The van der Waals surface area contributed by atoms with Crippen LogP contribution in [-0.4, -0.2) is 19.8 Å². The Labute approximate surface area is 188 Å². The maximum atomic E-state index is 13.5. The van der Waals surface area contributed by atoms with Crippen LogP contribution in [0.4, 0.5) is 0 Å². The van der Waals surface area contributed by atoms with E-state index in [1.165, 1.54) is 44.9 Å². The molecule has 0 aromatic carbocycles. The van der Waals surface area contributed by atoms with Gasteiger partial charge in [0, 0.05) is 0 Å². The van der Waals surface area contributed by atoms with E-state index < -0.39 is 7.82 Å². The summed E-state index contributed by atoms with van der Waals surface area (Å²) in [5.74, 6) is 1.25. The number of phosphoric acid groups is 1. The van der Waals surface area contributed by atoms with Crippen LogP contribution in [0.15, 0.2) is 0 Å². The van der Waals surface area contributed by atoms with Gasteiger partial charge in [-0.05, 0) is 37.0 Å². The molecule has 0 heterocycles. The van der Waals surface area contributed by atoms with Crippen LogP contribution in [0, 0.1) is 17.8 Å². The summed E-state index contributed by atoms with van der Waals surface area (Å²) in [5, 5.41) is 0. The van der Waals surface area contributed by atoms with Gasteiger partial charge < -0.3 is 0 Å². The minimum atomic E-state index is -3.52. The molecular formula is C25H53O4P. The van der Waals surface area contributed by atoms with Gasteiger partial charge >= 0.3 is 7.82 Å². The van der Waals surface area contributed by atoms with Crippen molar-refractivity contribution in [1.82, 2.24) is 0 Å². The molecule has 4 nitrogen and oxygen atoms in total. The van der Waals surface area contributed by atoms with E-state index in [9.17, 15) is 4.57 Å². The third-order valence-electron chi connectivity index (χ3n) is 6.28. The fraction of sp³-hybridized carbons (Fsp3) is 1.00. The molecule has 0 aliphatic carbocycles. The number of phosphoric ester groups is 1. The lowest BCUT2D eigenvalue weighted by Crippen LogP contribution is -2.16. The molecule has 0 N–H and O–H groups in total. The van der Waals surface area contributed by atoms with Crippen molar-refractivity contribution >= 4 is 7.82 Å². The van der Waals surface area contributed by atoms with Crippen LogP contribution in [0.25, 0.3) is 0 Å². The first kappa shape index (κ1) is 30.1. The summed E-state index contributed by atoms with van der Waals surface area (Å²) in [7, 11) is -3.52. The predicted octanol–water partition coefficient (Wildman–Crippen LogP) is 9.18. The molecule has 0 aliphatic rings. The molecule has 3 atom stereocenters. The zero-order chi connectivity index (χ0) is 22.7. The van der Waals surface area contributed by atoms with E-state index in [0.29, 0.717) is 37.6 Å². The third-order valence-corrected chi connectivity index (χ3v) is 7.68. The standard InChI is InChI=1S/C25H53O4P/c1-7-13-16-19-25(12-6)22-29-30(26,27-20-23(10-4)17-14-8-2)28-21-24(11-5)18-15-9-3/h23-25H,7-22H2,1-6H3. The van der Waals surface area contributed by atoms with Gasteiger partial charge in [0.25, 0.3) is 0 Å². The van der Waals surface area contributed by atoms with E-state index in [1.807, 2.05) is 0 Å². The van der Waals surface area contributed by atoms with Crippen LogP contribution in [0.2, 0.25) is 0 Å². The summed E-state index contributed by atoms with van der Waals surface area (Å²) in [5.41, 5.74) is 0. The van der Waals surface area contributed by atoms with E-state index in [2.05, 4.69) is 41.5 Å². The first-order chi connectivity index (χ1) is 14.5. The minimum Gasteiger partial charge on any atom is -0.287 e. The third kappa shape index (κ3) is 15.0. The molecular weight excluding hydrogens is 395 g/mol. The second-order valence-electron chi connectivity index (χ2n) is 8.94. The summed E-state index contributed by atoms with van der Waals surface area (Å²) >= 11 is 0. The van der Waals surface area contributed by atoms with Gasteiger partial charge in [-0.15, -0.1) is 0 Å². The largest absolute Gasteiger partial charge is 0.474 e. The average Bonchev–Trinajstić information content (AvgIpc) is 2.76. The summed E-state index contributed by atoms with van der Waals surface area (Å²) < 4.78 is 31.2. The fourth-order valence-electron chi connectivity index (χ4n) is 3.59. The quantitative estimate of drug-likeness (QED) is 0.122. The van der Waals surface area contributed by atoms with E-state index in [4.69, 9.17) is 13.6 Å². The molecule has 0 fully saturated rings. The maximum Gasteiger partial charge on any atom is 0.474 e. The highest BCUT2D eigenvalue weighted by Gasteiger charge is 2.30. The summed E-state index contributed by atoms with van der Waals surface area (Å²) in [6, 6.07) is 0. The second-order valence-corrected chi connectivity index (χ2v) is 10.6. The normalized spacial score (nSPS) is 16.9. The molecule has 30 heavy (non-hydrogen) atoms. The van der Waals surface area contributed by atoms with Crippen molar-refractivity contribution in [3.8, 4) is 0 Å². The lowest BCUT2D eigenvalue weighted by atomic mass is 10.00. The Kier molecular flexibility index (Phi) is 19.8. The van der Waals surface area contributed by atoms with Crippen LogP contribution >= 0.6 is 7.82 Å².